The smallest absolute Gasteiger partial charge is 0.233 e. The van der Waals surface area contributed by atoms with E-state index >= 15 is 0 Å². The maximum absolute atomic E-state index is 11.9. The molecule has 0 radical (unpaired) electrons. The van der Waals surface area contributed by atoms with Gasteiger partial charge in [0.2, 0.25) is 5.91 Å². The lowest BCUT2D eigenvalue weighted by Gasteiger charge is -2.12. The number of nitrogens with one attached hydrogen (secondary N) is 1. The van der Waals surface area contributed by atoms with Gasteiger partial charge < -0.3 is 11.1 Å². The van der Waals surface area contributed by atoms with Crippen molar-refractivity contribution in [2.75, 3.05) is 5.73 Å². The zero-order chi connectivity index (χ0) is 14.0. The third kappa shape index (κ3) is 3.61. The number of hydrogen-bond donors (Lipinski definition) is 2. The lowest BCUT2D eigenvalue weighted by Crippen LogP contribution is -2.35. The lowest BCUT2D eigenvalue weighted by molar-refractivity contribution is -0.120. The first-order valence-electron chi connectivity index (χ1n) is 6.09. The van der Waals surface area contributed by atoms with Gasteiger partial charge in [-0.1, -0.05) is 11.8 Å². The van der Waals surface area contributed by atoms with Gasteiger partial charge in [0.25, 0.3) is 0 Å². The Balaban J connectivity index is 2.10. The molecule has 0 bridgehead atoms. The number of amides is 1. The number of nitrogen functional groups attached to an aromatic ring is 1. The molecule has 19 heavy (non-hydrogen) atoms. The summed E-state index contributed by atoms with van der Waals surface area (Å²) in [5, 5.41) is 2.75. The van der Waals surface area contributed by atoms with Crippen LogP contribution < -0.4 is 11.1 Å². The zero-order valence-electron chi connectivity index (χ0n) is 11.1. The van der Waals surface area contributed by atoms with Crippen LogP contribution in [0.5, 0.6) is 0 Å². The number of carbonyl (C=O) groups is 1. The molecule has 0 saturated carbocycles. The van der Waals surface area contributed by atoms with Crippen molar-refractivity contribution < 1.29 is 4.79 Å². The Bertz CT molecular complexity index is 595. The van der Waals surface area contributed by atoms with Crippen LogP contribution in [-0.4, -0.2) is 22.2 Å². The molecule has 1 unspecified atom stereocenters. The predicted molar refractivity (Wildman–Crippen MR) is 82.6 cm³/mol. The number of aromatic nitrogens is 1. The summed E-state index contributed by atoms with van der Waals surface area (Å²) >= 11 is 3.05. The molecule has 1 aromatic heterocycles. The molecule has 3 N–H and O–H groups in total. The Morgan fingerprint density at radius 2 is 2.16 bits per heavy atom. The number of benzene rings is 1. The van der Waals surface area contributed by atoms with E-state index in [2.05, 4.69) is 10.3 Å². The van der Waals surface area contributed by atoms with Crippen molar-refractivity contribution in [2.24, 2.45) is 0 Å². The average Bonchev–Trinajstić information content (AvgIpc) is 2.69. The summed E-state index contributed by atoms with van der Waals surface area (Å²) in [5.41, 5.74) is 7.41. The highest BCUT2D eigenvalue weighted by molar-refractivity contribution is 8.02. The monoisotopic (exact) mass is 295 g/mol. The van der Waals surface area contributed by atoms with Gasteiger partial charge in [0, 0.05) is 11.7 Å². The SMILES string of the molecule is CC(C)NC(=O)C(C)Sc1nc2ccc(N)cc2s1. The van der Waals surface area contributed by atoms with Gasteiger partial charge in [0.15, 0.2) is 4.34 Å². The van der Waals surface area contributed by atoms with E-state index in [1.165, 1.54) is 11.8 Å². The summed E-state index contributed by atoms with van der Waals surface area (Å²) in [6.45, 7) is 5.80. The molecule has 0 fully saturated rings. The van der Waals surface area contributed by atoms with Crippen molar-refractivity contribution in [3.63, 3.8) is 0 Å². The van der Waals surface area contributed by atoms with Crippen molar-refractivity contribution in [1.82, 2.24) is 10.3 Å². The fourth-order valence-corrected chi connectivity index (χ4v) is 3.85. The van der Waals surface area contributed by atoms with Gasteiger partial charge in [0.1, 0.15) is 0 Å². The topological polar surface area (TPSA) is 68.0 Å². The largest absolute Gasteiger partial charge is 0.399 e. The Labute approximate surface area is 120 Å². The van der Waals surface area contributed by atoms with E-state index in [0.717, 1.165) is 20.2 Å². The Morgan fingerprint density at radius 1 is 1.42 bits per heavy atom. The highest BCUT2D eigenvalue weighted by Gasteiger charge is 2.17. The third-order valence-electron chi connectivity index (χ3n) is 2.47. The Kier molecular flexibility index (Phi) is 4.31. The van der Waals surface area contributed by atoms with E-state index in [0.29, 0.717) is 0 Å². The number of hydrogen-bond acceptors (Lipinski definition) is 5. The van der Waals surface area contributed by atoms with Crippen LogP contribution in [0.15, 0.2) is 22.5 Å². The standard InChI is InChI=1S/C13H17N3OS2/c1-7(2)15-12(17)8(3)18-13-16-10-5-4-9(14)6-11(10)19-13/h4-8H,14H2,1-3H3,(H,15,17). The van der Waals surface area contributed by atoms with Gasteiger partial charge in [-0.05, 0) is 39.0 Å². The summed E-state index contributed by atoms with van der Waals surface area (Å²) in [4.78, 5) is 16.4. The summed E-state index contributed by atoms with van der Waals surface area (Å²) in [7, 11) is 0. The maximum atomic E-state index is 11.9. The maximum Gasteiger partial charge on any atom is 0.233 e. The highest BCUT2D eigenvalue weighted by Crippen LogP contribution is 2.32. The number of thiazole rings is 1. The zero-order valence-corrected chi connectivity index (χ0v) is 12.8. The number of thioether (sulfide) groups is 1. The van der Waals surface area contributed by atoms with E-state index < -0.39 is 0 Å². The Morgan fingerprint density at radius 3 is 2.84 bits per heavy atom. The van der Waals surface area contributed by atoms with E-state index in [1.54, 1.807) is 11.3 Å². The molecule has 1 amide bonds. The van der Waals surface area contributed by atoms with Crippen LogP contribution in [0.2, 0.25) is 0 Å². The number of rotatable bonds is 4. The molecule has 6 heteroatoms. The minimum absolute atomic E-state index is 0.0405. The third-order valence-corrected chi connectivity index (χ3v) is 4.68. The number of carbonyl (C=O) groups excluding carboxylic acids is 1. The van der Waals surface area contributed by atoms with Crippen molar-refractivity contribution in [3.8, 4) is 0 Å². The first-order chi connectivity index (χ1) is 8.95. The molecule has 1 atom stereocenters. The van der Waals surface area contributed by atoms with E-state index in [9.17, 15) is 4.79 Å². The van der Waals surface area contributed by atoms with Crippen molar-refractivity contribution in [2.45, 2.75) is 36.4 Å². The highest BCUT2D eigenvalue weighted by atomic mass is 32.2. The minimum atomic E-state index is -0.152. The van der Waals surface area contributed by atoms with Crippen LogP contribution in [0.25, 0.3) is 10.2 Å². The second-order valence-electron chi connectivity index (χ2n) is 4.63. The molecule has 2 rings (SSSR count). The molecule has 1 aromatic carbocycles. The molecule has 1 heterocycles. The predicted octanol–water partition coefficient (Wildman–Crippen LogP) is 2.88. The molecule has 0 saturated heterocycles. The molecular formula is C13H17N3OS2. The normalized spacial score (nSPS) is 12.8. The van der Waals surface area contributed by atoms with Gasteiger partial charge in [0.05, 0.1) is 15.5 Å². The number of nitrogens with zero attached hydrogens (tertiary/aromatic N) is 1. The summed E-state index contributed by atoms with van der Waals surface area (Å²) in [5.74, 6) is 0.0405. The molecule has 2 aromatic rings. The van der Waals surface area contributed by atoms with Crippen LogP contribution in [0.1, 0.15) is 20.8 Å². The van der Waals surface area contributed by atoms with Crippen LogP contribution >= 0.6 is 23.1 Å². The first-order valence-corrected chi connectivity index (χ1v) is 7.78. The second kappa shape index (κ2) is 5.79. The summed E-state index contributed by atoms with van der Waals surface area (Å²) < 4.78 is 1.95. The van der Waals surface area contributed by atoms with Crippen LogP contribution in [0.4, 0.5) is 5.69 Å². The molecule has 0 aliphatic heterocycles. The fourth-order valence-electron chi connectivity index (χ4n) is 1.58. The van der Waals surface area contributed by atoms with Crippen LogP contribution in [0.3, 0.4) is 0 Å². The number of fused-ring (bicyclic) bond motifs is 1. The van der Waals surface area contributed by atoms with Gasteiger partial charge in [-0.25, -0.2) is 4.98 Å². The first kappa shape index (κ1) is 14.1. The summed E-state index contributed by atoms with van der Waals surface area (Å²) in [6.07, 6.45) is 0. The van der Waals surface area contributed by atoms with E-state index in [4.69, 9.17) is 5.73 Å². The molecule has 0 aliphatic carbocycles. The van der Waals surface area contributed by atoms with Gasteiger partial charge in [-0.2, -0.15) is 0 Å². The molecule has 4 nitrogen and oxygen atoms in total. The molecule has 0 spiro atoms. The number of anilines is 1. The molecule has 102 valence electrons. The van der Waals surface area contributed by atoms with Gasteiger partial charge in [-0.15, -0.1) is 11.3 Å². The average molecular weight is 295 g/mol. The van der Waals surface area contributed by atoms with Crippen molar-refractivity contribution >= 4 is 44.9 Å². The van der Waals surface area contributed by atoms with Crippen molar-refractivity contribution in [1.29, 1.82) is 0 Å². The quantitative estimate of drug-likeness (QED) is 0.672. The molecular weight excluding hydrogens is 278 g/mol. The van der Waals surface area contributed by atoms with E-state index in [-0.39, 0.29) is 17.2 Å². The summed E-state index contributed by atoms with van der Waals surface area (Å²) in [6, 6.07) is 5.82. The van der Waals surface area contributed by atoms with E-state index in [1.807, 2.05) is 39.0 Å². The van der Waals surface area contributed by atoms with Crippen LogP contribution in [-0.2, 0) is 4.79 Å². The molecule has 0 aliphatic rings. The minimum Gasteiger partial charge on any atom is -0.399 e. The van der Waals surface area contributed by atoms with Crippen molar-refractivity contribution in [3.05, 3.63) is 18.2 Å². The Hall–Kier alpha value is -1.27. The van der Waals surface area contributed by atoms with Crippen LogP contribution in [0, 0.1) is 0 Å². The second-order valence-corrected chi connectivity index (χ2v) is 7.25. The number of nitrogens with two attached hydrogens (primary N) is 1. The fraction of sp³-hybridized carbons (Fsp3) is 0.385. The lowest BCUT2D eigenvalue weighted by atomic mass is 10.3. The van der Waals surface area contributed by atoms with Gasteiger partial charge in [-0.3, -0.25) is 4.79 Å². The van der Waals surface area contributed by atoms with Gasteiger partial charge >= 0.3 is 0 Å².